The number of benzene rings is 2. The van der Waals surface area contributed by atoms with Crippen molar-refractivity contribution in [3.8, 4) is 17.0 Å². The van der Waals surface area contributed by atoms with Gasteiger partial charge in [0, 0.05) is 21.0 Å². The van der Waals surface area contributed by atoms with Gasteiger partial charge in [0.25, 0.3) is 0 Å². The summed E-state index contributed by atoms with van der Waals surface area (Å²) in [5, 5.41) is 19.4. The summed E-state index contributed by atoms with van der Waals surface area (Å²) in [6.45, 7) is 2.17. The molecule has 0 saturated carbocycles. The molecule has 0 aliphatic heterocycles. The Kier molecular flexibility index (Phi) is 5.14. The minimum atomic E-state index is -0.0275. The Labute approximate surface area is 153 Å². The van der Waals surface area contributed by atoms with Gasteiger partial charge < -0.3 is 5.11 Å². The summed E-state index contributed by atoms with van der Waals surface area (Å²) < 4.78 is 0. The van der Waals surface area contributed by atoms with Gasteiger partial charge in [-0.2, -0.15) is 5.11 Å². The third-order valence-electron chi connectivity index (χ3n) is 3.34. The van der Waals surface area contributed by atoms with Crippen LogP contribution in [0.4, 0.5) is 5.13 Å². The second kappa shape index (κ2) is 7.30. The van der Waals surface area contributed by atoms with Gasteiger partial charge in [-0.15, -0.1) is 5.11 Å². The lowest BCUT2D eigenvalue weighted by Crippen LogP contribution is -1.83. The molecule has 0 fully saturated rings. The minimum Gasteiger partial charge on any atom is -0.506 e. The molecule has 0 spiro atoms. The lowest BCUT2D eigenvalue weighted by Gasteiger charge is -2.03. The van der Waals surface area contributed by atoms with E-state index < -0.39 is 0 Å². The summed E-state index contributed by atoms with van der Waals surface area (Å²) >= 11 is 13.3. The topological polar surface area (TPSA) is 57.8 Å². The Morgan fingerprint density at radius 1 is 1.17 bits per heavy atom. The van der Waals surface area contributed by atoms with Gasteiger partial charge >= 0.3 is 0 Å². The zero-order chi connectivity index (χ0) is 17.1. The largest absolute Gasteiger partial charge is 0.506 e. The smallest absolute Gasteiger partial charge is 0.230 e. The molecule has 0 atom stereocenters. The van der Waals surface area contributed by atoms with Gasteiger partial charge in [0.05, 0.1) is 17.3 Å². The fraction of sp³-hybridized carbons (Fsp3) is 0.118. The zero-order valence-electron chi connectivity index (χ0n) is 12.7. The van der Waals surface area contributed by atoms with Crippen LogP contribution in [0.15, 0.2) is 52.7 Å². The normalized spacial score (nSPS) is 11.3. The Morgan fingerprint density at radius 3 is 2.67 bits per heavy atom. The highest BCUT2D eigenvalue weighted by Crippen LogP contribution is 2.34. The number of hydrogen-bond acceptors (Lipinski definition) is 5. The highest BCUT2D eigenvalue weighted by molar-refractivity contribution is 7.15. The molecule has 1 aromatic heterocycles. The quantitative estimate of drug-likeness (QED) is 0.533. The molecule has 7 heteroatoms. The first-order valence-corrected chi connectivity index (χ1v) is 8.69. The van der Waals surface area contributed by atoms with Crippen LogP contribution in [0.2, 0.25) is 10.0 Å². The number of rotatable bonds is 4. The van der Waals surface area contributed by atoms with Crippen molar-refractivity contribution in [1.82, 2.24) is 4.98 Å². The predicted molar refractivity (Wildman–Crippen MR) is 98.6 cm³/mol. The molecule has 0 aliphatic carbocycles. The van der Waals surface area contributed by atoms with E-state index >= 15 is 0 Å². The number of halogens is 2. The number of azo groups is 1. The van der Waals surface area contributed by atoms with Crippen molar-refractivity contribution in [3.05, 3.63) is 63.0 Å². The van der Waals surface area contributed by atoms with Gasteiger partial charge in [-0.1, -0.05) is 64.9 Å². The third kappa shape index (κ3) is 3.75. The van der Waals surface area contributed by atoms with Gasteiger partial charge in [-0.3, -0.25) is 0 Å². The van der Waals surface area contributed by atoms with Crippen molar-refractivity contribution in [3.63, 3.8) is 0 Å². The lowest BCUT2D eigenvalue weighted by molar-refractivity contribution is 0.468. The van der Waals surface area contributed by atoms with Crippen LogP contribution in [0.5, 0.6) is 5.75 Å². The van der Waals surface area contributed by atoms with Gasteiger partial charge in [0.1, 0.15) is 5.75 Å². The molecule has 0 saturated heterocycles. The fourth-order valence-corrected chi connectivity index (χ4v) is 3.51. The SMILES string of the molecule is Cc1sc(N=NCc2cc(Cl)cc(Cl)c2O)nc1-c1ccccc1. The first kappa shape index (κ1) is 16.9. The van der Waals surface area contributed by atoms with Crippen molar-refractivity contribution in [2.75, 3.05) is 0 Å². The molecule has 0 radical (unpaired) electrons. The van der Waals surface area contributed by atoms with E-state index in [-0.39, 0.29) is 17.3 Å². The molecule has 24 heavy (non-hydrogen) atoms. The van der Waals surface area contributed by atoms with Gasteiger partial charge in [0.2, 0.25) is 5.13 Å². The molecule has 3 rings (SSSR count). The second-order valence-electron chi connectivity index (χ2n) is 5.06. The molecular weight excluding hydrogens is 365 g/mol. The first-order valence-electron chi connectivity index (χ1n) is 7.12. The molecule has 4 nitrogen and oxygen atoms in total. The number of phenolic OH excluding ortho intramolecular Hbond substituents is 1. The molecule has 0 aliphatic rings. The number of aromatic nitrogens is 1. The monoisotopic (exact) mass is 377 g/mol. The van der Waals surface area contributed by atoms with Crippen molar-refractivity contribution < 1.29 is 5.11 Å². The second-order valence-corrected chi connectivity index (χ2v) is 7.09. The Bertz CT molecular complexity index is 894. The standard InChI is InChI=1S/C17H13Cl2N3OS/c1-10-15(11-5-3-2-4-6-11)21-17(24-10)22-20-9-12-7-13(18)8-14(19)16(12)23/h2-8,23H,9H2,1H3. The number of nitrogens with zero attached hydrogens (tertiary/aromatic N) is 3. The predicted octanol–water partition coefficient (Wildman–Crippen LogP) is 6.41. The molecule has 0 unspecified atom stereocenters. The van der Waals surface area contributed by atoms with Crippen LogP contribution < -0.4 is 0 Å². The van der Waals surface area contributed by atoms with Crippen molar-refractivity contribution in [2.45, 2.75) is 13.5 Å². The van der Waals surface area contributed by atoms with Crippen molar-refractivity contribution in [2.24, 2.45) is 10.2 Å². The average molecular weight is 378 g/mol. The average Bonchev–Trinajstić information content (AvgIpc) is 2.93. The van der Waals surface area contributed by atoms with E-state index in [1.54, 1.807) is 6.07 Å². The number of thiazole rings is 1. The van der Waals surface area contributed by atoms with E-state index in [1.807, 2.05) is 37.3 Å². The summed E-state index contributed by atoms with van der Waals surface area (Å²) in [6, 6.07) is 13.0. The molecule has 1 heterocycles. The van der Waals surface area contributed by atoms with E-state index in [0.717, 1.165) is 16.1 Å². The van der Waals surface area contributed by atoms with Crippen LogP contribution in [0.3, 0.4) is 0 Å². The van der Waals surface area contributed by atoms with Crippen LogP contribution in [-0.2, 0) is 6.54 Å². The van der Waals surface area contributed by atoms with E-state index in [9.17, 15) is 5.11 Å². The summed E-state index contributed by atoms with van der Waals surface area (Å²) in [6.07, 6.45) is 0. The maximum atomic E-state index is 9.91. The maximum absolute atomic E-state index is 9.91. The van der Waals surface area contributed by atoms with Gasteiger partial charge in [-0.05, 0) is 19.1 Å². The zero-order valence-corrected chi connectivity index (χ0v) is 15.0. The van der Waals surface area contributed by atoms with Crippen LogP contribution in [0.25, 0.3) is 11.3 Å². The Balaban J connectivity index is 1.79. The maximum Gasteiger partial charge on any atom is 0.230 e. The number of phenols is 1. The summed E-state index contributed by atoms with van der Waals surface area (Å²) in [5.74, 6) is -0.0275. The van der Waals surface area contributed by atoms with Crippen LogP contribution in [-0.4, -0.2) is 10.1 Å². The fourth-order valence-electron chi connectivity index (χ4n) is 2.20. The first-order chi connectivity index (χ1) is 11.5. The highest BCUT2D eigenvalue weighted by atomic mass is 35.5. The molecule has 1 N–H and O–H groups in total. The summed E-state index contributed by atoms with van der Waals surface area (Å²) in [7, 11) is 0. The summed E-state index contributed by atoms with van der Waals surface area (Å²) in [5.41, 5.74) is 2.47. The molecule has 0 amide bonds. The molecule has 2 aromatic carbocycles. The molecule has 122 valence electrons. The lowest BCUT2D eigenvalue weighted by atomic mass is 10.1. The Morgan fingerprint density at radius 2 is 1.92 bits per heavy atom. The van der Waals surface area contributed by atoms with E-state index in [1.165, 1.54) is 17.4 Å². The van der Waals surface area contributed by atoms with E-state index in [2.05, 4.69) is 15.2 Å². The van der Waals surface area contributed by atoms with Crippen LogP contribution in [0, 0.1) is 6.92 Å². The minimum absolute atomic E-state index is 0.0275. The number of hydrogen-bond donors (Lipinski definition) is 1. The van der Waals surface area contributed by atoms with Crippen LogP contribution >= 0.6 is 34.5 Å². The highest BCUT2D eigenvalue weighted by Gasteiger charge is 2.10. The van der Waals surface area contributed by atoms with E-state index in [0.29, 0.717) is 15.7 Å². The number of aryl methyl sites for hydroxylation is 1. The third-order valence-corrected chi connectivity index (χ3v) is 4.70. The molecule has 3 aromatic rings. The Hall–Kier alpha value is -1.95. The van der Waals surface area contributed by atoms with Crippen molar-refractivity contribution >= 4 is 39.7 Å². The molecule has 0 bridgehead atoms. The van der Waals surface area contributed by atoms with Gasteiger partial charge in [0.15, 0.2) is 0 Å². The van der Waals surface area contributed by atoms with Crippen LogP contribution in [0.1, 0.15) is 10.4 Å². The number of aromatic hydroxyl groups is 1. The van der Waals surface area contributed by atoms with E-state index in [4.69, 9.17) is 23.2 Å². The summed E-state index contributed by atoms with van der Waals surface area (Å²) in [4.78, 5) is 5.59. The van der Waals surface area contributed by atoms with Gasteiger partial charge in [-0.25, -0.2) is 4.98 Å². The molecular formula is C17H13Cl2N3OS. The van der Waals surface area contributed by atoms with Crippen molar-refractivity contribution in [1.29, 1.82) is 0 Å².